The molecule has 9 heteroatoms. The highest BCUT2D eigenvalue weighted by Gasteiger charge is 2.27. The Morgan fingerprint density at radius 3 is 2.46 bits per heavy atom. The van der Waals surface area contributed by atoms with Crippen LogP contribution in [0.1, 0.15) is 26.7 Å². The summed E-state index contributed by atoms with van der Waals surface area (Å²) in [6.07, 6.45) is 1.83. The van der Waals surface area contributed by atoms with Gasteiger partial charge >= 0.3 is 6.03 Å². The van der Waals surface area contributed by atoms with E-state index in [2.05, 4.69) is 29.4 Å². The number of amides is 2. The number of carbonyl (C=O) groups is 1. The van der Waals surface area contributed by atoms with Crippen LogP contribution in [0.3, 0.4) is 0 Å². The molecular weight excluding hydrogens is 380 g/mol. The van der Waals surface area contributed by atoms with Crippen LogP contribution < -0.4 is 10.6 Å². The molecule has 0 radical (unpaired) electrons. The van der Waals surface area contributed by atoms with Gasteiger partial charge in [-0.25, -0.2) is 13.2 Å². The Bertz CT molecular complexity index is 770. The Morgan fingerprint density at radius 1 is 1.14 bits per heavy atom. The zero-order chi connectivity index (χ0) is 20.1. The van der Waals surface area contributed by atoms with Crippen LogP contribution in [-0.2, 0) is 14.8 Å². The number of morpholine rings is 1. The smallest absolute Gasteiger partial charge is 0.319 e. The van der Waals surface area contributed by atoms with Gasteiger partial charge in [0.25, 0.3) is 0 Å². The van der Waals surface area contributed by atoms with E-state index in [0.717, 1.165) is 25.9 Å². The summed E-state index contributed by atoms with van der Waals surface area (Å²) in [6.45, 7) is 7.78. The minimum Gasteiger partial charge on any atom is -0.379 e. The maximum Gasteiger partial charge on any atom is 0.319 e. The molecule has 1 aromatic rings. The van der Waals surface area contributed by atoms with E-state index in [9.17, 15) is 13.2 Å². The van der Waals surface area contributed by atoms with E-state index in [0.29, 0.717) is 38.0 Å². The number of piperidine rings is 1. The molecule has 2 saturated heterocycles. The van der Waals surface area contributed by atoms with Gasteiger partial charge in [0.2, 0.25) is 10.0 Å². The van der Waals surface area contributed by atoms with Crippen LogP contribution in [0.15, 0.2) is 29.2 Å². The van der Waals surface area contributed by atoms with E-state index in [-0.39, 0.29) is 17.0 Å². The minimum absolute atomic E-state index is 0.135. The van der Waals surface area contributed by atoms with Crippen molar-refractivity contribution in [2.24, 2.45) is 0 Å². The molecule has 28 heavy (non-hydrogen) atoms. The lowest BCUT2D eigenvalue weighted by atomic mass is 10.0. The SMILES string of the molecule is CC(C)N1CCC(NC(=O)Nc2cccc(S(=O)(=O)N3CCOCC3)c2)CC1. The van der Waals surface area contributed by atoms with Crippen LogP contribution in [0, 0.1) is 0 Å². The van der Waals surface area contributed by atoms with Crippen molar-refractivity contribution in [3.8, 4) is 0 Å². The number of ether oxygens (including phenoxy) is 1. The second-order valence-electron chi connectivity index (χ2n) is 7.55. The van der Waals surface area contributed by atoms with Crippen LogP contribution in [0.5, 0.6) is 0 Å². The molecule has 2 heterocycles. The molecule has 1 aromatic carbocycles. The summed E-state index contributed by atoms with van der Waals surface area (Å²) < 4.78 is 32.2. The zero-order valence-corrected chi connectivity index (χ0v) is 17.4. The van der Waals surface area contributed by atoms with Crippen LogP contribution in [0.25, 0.3) is 0 Å². The van der Waals surface area contributed by atoms with Gasteiger partial charge in [0, 0.05) is 44.0 Å². The molecule has 3 rings (SSSR count). The number of likely N-dealkylation sites (tertiary alicyclic amines) is 1. The number of sulfonamides is 1. The molecular formula is C19H30N4O4S. The van der Waals surface area contributed by atoms with Crippen LogP contribution in [0.2, 0.25) is 0 Å². The largest absolute Gasteiger partial charge is 0.379 e. The van der Waals surface area contributed by atoms with Crippen molar-refractivity contribution >= 4 is 21.7 Å². The average molecular weight is 411 g/mol. The summed E-state index contributed by atoms with van der Waals surface area (Å²) in [5.41, 5.74) is 0.464. The topological polar surface area (TPSA) is 91.0 Å². The third kappa shape index (κ3) is 5.22. The lowest BCUT2D eigenvalue weighted by Gasteiger charge is -2.34. The number of anilines is 1. The minimum atomic E-state index is -3.59. The van der Waals surface area contributed by atoms with E-state index >= 15 is 0 Å². The molecule has 2 fully saturated rings. The fourth-order valence-electron chi connectivity index (χ4n) is 3.58. The number of nitrogens with zero attached hydrogens (tertiary/aromatic N) is 2. The van der Waals surface area contributed by atoms with E-state index < -0.39 is 10.0 Å². The Labute approximate surface area is 167 Å². The normalized spacial score (nSPS) is 20.2. The van der Waals surface area contributed by atoms with Crippen molar-refractivity contribution in [2.75, 3.05) is 44.7 Å². The van der Waals surface area contributed by atoms with Gasteiger partial charge in [-0.1, -0.05) is 6.07 Å². The Morgan fingerprint density at radius 2 is 1.82 bits per heavy atom. The number of rotatable bonds is 5. The molecule has 0 saturated carbocycles. The first-order valence-electron chi connectivity index (χ1n) is 9.86. The molecule has 0 bridgehead atoms. The summed E-state index contributed by atoms with van der Waals surface area (Å²) >= 11 is 0. The van der Waals surface area contributed by atoms with Crippen LogP contribution in [0.4, 0.5) is 10.5 Å². The maximum absolute atomic E-state index is 12.8. The molecule has 2 aliphatic rings. The average Bonchev–Trinajstić information content (AvgIpc) is 2.69. The van der Waals surface area contributed by atoms with Crippen molar-refractivity contribution in [1.29, 1.82) is 0 Å². The lowest BCUT2D eigenvalue weighted by Crippen LogP contribution is -2.47. The Kier molecular flexibility index (Phi) is 6.92. The number of benzene rings is 1. The number of urea groups is 1. The second-order valence-corrected chi connectivity index (χ2v) is 9.48. The number of carbonyl (C=O) groups excluding carboxylic acids is 1. The van der Waals surface area contributed by atoms with Gasteiger partial charge in [0.05, 0.1) is 18.1 Å². The highest BCUT2D eigenvalue weighted by Crippen LogP contribution is 2.21. The molecule has 2 aliphatic heterocycles. The quantitative estimate of drug-likeness (QED) is 0.771. The van der Waals surface area contributed by atoms with Gasteiger partial charge in [-0.2, -0.15) is 4.31 Å². The Balaban J connectivity index is 1.58. The van der Waals surface area contributed by atoms with Crippen molar-refractivity contribution in [2.45, 2.75) is 43.7 Å². The maximum atomic E-state index is 12.8. The lowest BCUT2D eigenvalue weighted by molar-refractivity contribution is 0.0730. The van der Waals surface area contributed by atoms with Gasteiger partial charge in [-0.05, 0) is 44.9 Å². The number of nitrogens with one attached hydrogen (secondary N) is 2. The third-order valence-electron chi connectivity index (χ3n) is 5.29. The van der Waals surface area contributed by atoms with Crippen LogP contribution in [-0.4, -0.2) is 75.1 Å². The first-order chi connectivity index (χ1) is 13.4. The fraction of sp³-hybridized carbons (Fsp3) is 0.632. The predicted octanol–water partition coefficient (Wildman–Crippen LogP) is 1.70. The summed E-state index contributed by atoms with van der Waals surface area (Å²) in [4.78, 5) is 14.9. The monoisotopic (exact) mass is 410 g/mol. The molecule has 0 aromatic heterocycles. The van der Waals surface area contributed by atoms with Gasteiger partial charge in [0.1, 0.15) is 0 Å². The molecule has 0 atom stereocenters. The predicted molar refractivity (Wildman–Crippen MR) is 108 cm³/mol. The van der Waals surface area contributed by atoms with Crippen LogP contribution >= 0.6 is 0 Å². The molecule has 0 spiro atoms. The fourth-order valence-corrected chi connectivity index (χ4v) is 5.04. The molecule has 0 aliphatic carbocycles. The second kappa shape index (κ2) is 9.21. The van der Waals surface area contributed by atoms with Crippen molar-refractivity contribution in [3.63, 3.8) is 0 Å². The van der Waals surface area contributed by atoms with Gasteiger partial charge < -0.3 is 20.3 Å². The van der Waals surface area contributed by atoms with Gasteiger partial charge in [-0.3, -0.25) is 0 Å². The van der Waals surface area contributed by atoms with Crippen molar-refractivity contribution < 1.29 is 17.9 Å². The van der Waals surface area contributed by atoms with E-state index in [1.165, 1.54) is 10.4 Å². The summed E-state index contributed by atoms with van der Waals surface area (Å²) in [5, 5.41) is 5.76. The summed E-state index contributed by atoms with van der Waals surface area (Å²) in [6, 6.07) is 6.75. The molecule has 0 unspecified atom stereocenters. The number of hydrogen-bond donors (Lipinski definition) is 2. The van der Waals surface area contributed by atoms with E-state index in [4.69, 9.17) is 4.74 Å². The van der Waals surface area contributed by atoms with Gasteiger partial charge in [-0.15, -0.1) is 0 Å². The van der Waals surface area contributed by atoms with Crippen molar-refractivity contribution in [1.82, 2.24) is 14.5 Å². The highest BCUT2D eigenvalue weighted by molar-refractivity contribution is 7.89. The first-order valence-corrected chi connectivity index (χ1v) is 11.3. The number of hydrogen-bond acceptors (Lipinski definition) is 5. The molecule has 2 amide bonds. The Hall–Kier alpha value is -1.68. The van der Waals surface area contributed by atoms with Gasteiger partial charge in [0.15, 0.2) is 0 Å². The molecule has 2 N–H and O–H groups in total. The first kappa shape index (κ1) is 21.0. The third-order valence-corrected chi connectivity index (χ3v) is 7.19. The standard InChI is InChI=1S/C19H30N4O4S/c1-15(2)22-8-6-16(7-9-22)20-19(24)21-17-4-3-5-18(14-17)28(25,26)23-10-12-27-13-11-23/h3-5,14-16H,6-13H2,1-2H3,(H2,20,21,24). The molecule has 8 nitrogen and oxygen atoms in total. The zero-order valence-electron chi connectivity index (χ0n) is 16.6. The van der Waals surface area contributed by atoms with Crippen molar-refractivity contribution in [3.05, 3.63) is 24.3 Å². The molecule has 156 valence electrons. The summed E-state index contributed by atoms with van der Waals surface area (Å²) in [7, 11) is -3.59. The highest BCUT2D eigenvalue weighted by atomic mass is 32.2. The summed E-state index contributed by atoms with van der Waals surface area (Å²) in [5.74, 6) is 0. The van der Waals surface area contributed by atoms with E-state index in [1.54, 1.807) is 18.2 Å². The van der Waals surface area contributed by atoms with E-state index in [1.807, 2.05) is 0 Å².